The summed E-state index contributed by atoms with van der Waals surface area (Å²) in [6.07, 6.45) is 0.364. The zero-order chi connectivity index (χ0) is 19.1. The molecule has 1 amide bonds. The van der Waals surface area contributed by atoms with Gasteiger partial charge in [0.05, 0.1) is 23.1 Å². The Labute approximate surface area is 161 Å². The molecule has 138 valence electrons. The SMILES string of the molecule is Cc1ccccc1OCCC(=O)O[C@H](C)C(=O)Nc1ncc(Cl)cc1Cl. The molecule has 0 unspecified atom stereocenters. The number of aryl methyl sites for hydroxylation is 1. The lowest BCUT2D eigenvalue weighted by atomic mass is 10.2. The van der Waals surface area contributed by atoms with E-state index >= 15 is 0 Å². The molecule has 0 aliphatic rings. The Balaban J connectivity index is 1.78. The first-order valence-corrected chi connectivity index (χ1v) is 8.62. The minimum atomic E-state index is -1.01. The van der Waals surface area contributed by atoms with Crippen molar-refractivity contribution in [1.82, 2.24) is 4.98 Å². The van der Waals surface area contributed by atoms with Gasteiger partial charge >= 0.3 is 5.97 Å². The predicted molar refractivity (Wildman–Crippen MR) is 99.7 cm³/mol. The van der Waals surface area contributed by atoms with Gasteiger partial charge in [-0.05, 0) is 31.5 Å². The van der Waals surface area contributed by atoms with Crippen LogP contribution < -0.4 is 10.1 Å². The van der Waals surface area contributed by atoms with Crippen molar-refractivity contribution in [3.63, 3.8) is 0 Å². The highest BCUT2D eigenvalue weighted by molar-refractivity contribution is 6.36. The number of anilines is 1. The molecular formula is C18H18Cl2N2O4. The van der Waals surface area contributed by atoms with Gasteiger partial charge in [0.15, 0.2) is 11.9 Å². The molecule has 0 spiro atoms. The van der Waals surface area contributed by atoms with E-state index in [2.05, 4.69) is 10.3 Å². The molecule has 1 atom stereocenters. The molecule has 26 heavy (non-hydrogen) atoms. The van der Waals surface area contributed by atoms with Crippen molar-refractivity contribution in [1.29, 1.82) is 0 Å². The molecule has 0 saturated carbocycles. The molecule has 8 heteroatoms. The third-order valence-corrected chi connectivity index (χ3v) is 3.88. The van der Waals surface area contributed by atoms with Crippen LogP contribution in [0.1, 0.15) is 18.9 Å². The number of para-hydroxylation sites is 1. The van der Waals surface area contributed by atoms with Crippen molar-refractivity contribution in [3.05, 3.63) is 52.1 Å². The second-order valence-electron chi connectivity index (χ2n) is 5.47. The van der Waals surface area contributed by atoms with Gasteiger partial charge in [-0.1, -0.05) is 41.4 Å². The lowest BCUT2D eigenvalue weighted by Gasteiger charge is -2.14. The summed E-state index contributed by atoms with van der Waals surface area (Å²) >= 11 is 11.7. The number of carbonyl (C=O) groups excluding carboxylic acids is 2. The molecule has 0 fully saturated rings. The van der Waals surface area contributed by atoms with Crippen LogP contribution in [0.25, 0.3) is 0 Å². The number of nitrogens with one attached hydrogen (secondary N) is 1. The maximum atomic E-state index is 12.1. The van der Waals surface area contributed by atoms with Crippen LogP contribution in [0.3, 0.4) is 0 Å². The summed E-state index contributed by atoms with van der Waals surface area (Å²) in [6, 6.07) is 8.93. The minimum Gasteiger partial charge on any atom is -0.493 e. The van der Waals surface area contributed by atoms with Crippen LogP contribution in [0.15, 0.2) is 36.5 Å². The van der Waals surface area contributed by atoms with E-state index in [4.69, 9.17) is 32.7 Å². The number of ether oxygens (including phenoxy) is 2. The Kier molecular flexibility index (Phi) is 7.24. The molecule has 0 aliphatic carbocycles. The molecule has 0 aliphatic heterocycles. The van der Waals surface area contributed by atoms with Crippen LogP contribution in [0, 0.1) is 6.92 Å². The third-order valence-electron chi connectivity index (χ3n) is 3.38. The van der Waals surface area contributed by atoms with Crippen molar-refractivity contribution >= 4 is 40.9 Å². The Morgan fingerprint density at radius 1 is 1.27 bits per heavy atom. The van der Waals surface area contributed by atoms with E-state index in [0.717, 1.165) is 5.56 Å². The van der Waals surface area contributed by atoms with Crippen LogP contribution in [0.5, 0.6) is 5.75 Å². The number of amides is 1. The maximum Gasteiger partial charge on any atom is 0.310 e. The Hall–Kier alpha value is -2.31. The number of rotatable bonds is 7. The van der Waals surface area contributed by atoms with Gasteiger partial charge in [0.25, 0.3) is 5.91 Å². The van der Waals surface area contributed by atoms with Crippen molar-refractivity contribution < 1.29 is 19.1 Å². The van der Waals surface area contributed by atoms with E-state index in [1.807, 2.05) is 31.2 Å². The standard InChI is InChI=1S/C18H18Cl2N2O4/c1-11-5-3-4-6-15(11)25-8-7-16(23)26-12(2)18(24)22-17-14(20)9-13(19)10-21-17/h3-6,9-10,12H,7-8H2,1-2H3,(H,21,22,24)/t12-/m1/s1. The van der Waals surface area contributed by atoms with Crippen LogP contribution in [0.2, 0.25) is 10.0 Å². The topological polar surface area (TPSA) is 77.5 Å². The zero-order valence-corrected chi connectivity index (χ0v) is 15.8. The number of hydrogen-bond acceptors (Lipinski definition) is 5. The van der Waals surface area contributed by atoms with E-state index in [1.54, 1.807) is 0 Å². The van der Waals surface area contributed by atoms with Crippen LogP contribution in [-0.2, 0) is 14.3 Å². The highest BCUT2D eigenvalue weighted by Crippen LogP contribution is 2.22. The highest BCUT2D eigenvalue weighted by atomic mass is 35.5. The molecule has 1 aromatic heterocycles. The summed E-state index contributed by atoms with van der Waals surface area (Å²) in [5, 5.41) is 3.02. The molecule has 1 aromatic carbocycles. The molecule has 0 radical (unpaired) electrons. The number of benzene rings is 1. The van der Waals surface area contributed by atoms with Gasteiger partial charge in [-0.3, -0.25) is 9.59 Å². The monoisotopic (exact) mass is 396 g/mol. The van der Waals surface area contributed by atoms with Gasteiger partial charge in [-0.25, -0.2) is 4.98 Å². The second kappa shape index (κ2) is 9.40. The average Bonchev–Trinajstić information content (AvgIpc) is 2.59. The van der Waals surface area contributed by atoms with Crippen molar-refractivity contribution in [2.45, 2.75) is 26.4 Å². The van der Waals surface area contributed by atoms with E-state index in [-0.39, 0.29) is 23.9 Å². The van der Waals surface area contributed by atoms with Crippen LogP contribution >= 0.6 is 23.2 Å². The van der Waals surface area contributed by atoms with Crippen LogP contribution in [0.4, 0.5) is 5.82 Å². The number of hydrogen-bond donors (Lipinski definition) is 1. The number of pyridine rings is 1. The fourth-order valence-electron chi connectivity index (χ4n) is 2.00. The van der Waals surface area contributed by atoms with Crippen molar-refractivity contribution in [3.8, 4) is 5.75 Å². The number of halogens is 2. The van der Waals surface area contributed by atoms with Gasteiger partial charge in [0, 0.05) is 6.20 Å². The molecule has 2 aromatic rings. The molecule has 2 rings (SSSR count). The van der Waals surface area contributed by atoms with Gasteiger partial charge in [-0.2, -0.15) is 0 Å². The summed E-state index contributed by atoms with van der Waals surface area (Å²) < 4.78 is 10.6. The first kappa shape index (κ1) is 20.0. The Bertz CT molecular complexity index is 799. The third kappa shape index (κ3) is 5.89. The Morgan fingerprint density at radius 3 is 2.69 bits per heavy atom. The molecule has 0 saturated heterocycles. The molecule has 6 nitrogen and oxygen atoms in total. The number of aromatic nitrogens is 1. The van der Waals surface area contributed by atoms with Gasteiger partial charge < -0.3 is 14.8 Å². The number of carbonyl (C=O) groups is 2. The quantitative estimate of drug-likeness (QED) is 0.714. The average molecular weight is 397 g/mol. The number of nitrogens with zero attached hydrogens (tertiary/aromatic N) is 1. The fourth-order valence-corrected chi connectivity index (χ4v) is 2.42. The summed E-state index contributed by atoms with van der Waals surface area (Å²) in [7, 11) is 0. The highest BCUT2D eigenvalue weighted by Gasteiger charge is 2.19. The van der Waals surface area contributed by atoms with E-state index in [9.17, 15) is 9.59 Å². The Morgan fingerprint density at radius 2 is 2.00 bits per heavy atom. The lowest BCUT2D eigenvalue weighted by Crippen LogP contribution is -2.30. The summed E-state index contributed by atoms with van der Waals surface area (Å²) in [5.41, 5.74) is 0.973. The maximum absolute atomic E-state index is 12.1. The lowest BCUT2D eigenvalue weighted by molar-refractivity contribution is -0.153. The second-order valence-corrected chi connectivity index (χ2v) is 6.31. The fraction of sp³-hybridized carbons (Fsp3) is 0.278. The zero-order valence-electron chi connectivity index (χ0n) is 14.3. The smallest absolute Gasteiger partial charge is 0.310 e. The molecule has 1 N–H and O–H groups in total. The molecule has 0 bridgehead atoms. The van der Waals surface area contributed by atoms with E-state index in [0.29, 0.717) is 10.8 Å². The summed E-state index contributed by atoms with van der Waals surface area (Å²) in [6.45, 7) is 3.53. The first-order chi connectivity index (χ1) is 12.4. The normalized spacial score (nSPS) is 11.5. The summed E-state index contributed by atoms with van der Waals surface area (Å²) in [4.78, 5) is 27.8. The number of esters is 1. The largest absolute Gasteiger partial charge is 0.493 e. The van der Waals surface area contributed by atoms with Gasteiger partial charge in [-0.15, -0.1) is 0 Å². The van der Waals surface area contributed by atoms with E-state index in [1.165, 1.54) is 19.2 Å². The van der Waals surface area contributed by atoms with E-state index < -0.39 is 18.0 Å². The minimum absolute atomic E-state index is 0.0197. The first-order valence-electron chi connectivity index (χ1n) is 7.86. The van der Waals surface area contributed by atoms with Gasteiger partial charge in [0.2, 0.25) is 0 Å². The van der Waals surface area contributed by atoms with Gasteiger partial charge in [0.1, 0.15) is 5.75 Å². The summed E-state index contributed by atoms with van der Waals surface area (Å²) in [5.74, 6) is -0.243. The van der Waals surface area contributed by atoms with Crippen molar-refractivity contribution in [2.24, 2.45) is 0 Å². The predicted octanol–water partition coefficient (Wildman–Crippen LogP) is 4.04. The van der Waals surface area contributed by atoms with Crippen molar-refractivity contribution in [2.75, 3.05) is 11.9 Å². The molecule has 1 heterocycles. The molecular weight excluding hydrogens is 379 g/mol. The van der Waals surface area contributed by atoms with Crippen LogP contribution in [-0.4, -0.2) is 29.6 Å².